The summed E-state index contributed by atoms with van der Waals surface area (Å²) in [7, 11) is 1.69. The zero-order chi connectivity index (χ0) is 19.7. The van der Waals surface area contributed by atoms with Crippen LogP contribution in [0.5, 0.6) is 5.75 Å². The molecule has 2 aliphatic rings. The predicted molar refractivity (Wildman–Crippen MR) is 113 cm³/mol. The van der Waals surface area contributed by atoms with Gasteiger partial charge in [-0.1, -0.05) is 26.0 Å². The molecular formula is C24H30N2O2. The van der Waals surface area contributed by atoms with E-state index in [1.165, 1.54) is 29.7 Å². The average molecular weight is 379 g/mol. The molecule has 0 fully saturated rings. The average Bonchev–Trinajstić information content (AvgIpc) is 2.98. The minimum atomic E-state index is 0.0151. The first-order chi connectivity index (χ1) is 13.4. The number of ketones is 1. The van der Waals surface area contributed by atoms with Crippen molar-refractivity contribution < 1.29 is 9.53 Å². The Labute approximate surface area is 167 Å². The maximum Gasteiger partial charge on any atom is 0.157 e. The lowest BCUT2D eigenvalue weighted by Gasteiger charge is -2.29. The van der Waals surface area contributed by atoms with Gasteiger partial charge < -0.3 is 14.6 Å². The van der Waals surface area contributed by atoms with Crippen LogP contribution in [0.3, 0.4) is 0 Å². The van der Waals surface area contributed by atoms with Gasteiger partial charge in [0.05, 0.1) is 7.11 Å². The molecule has 0 saturated carbocycles. The zero-order valence-corrected chi connectivity index (χ0v) is 17.2. The molecule has 1 aromatic carbocycles. The van der Waals surface area contributed by atoms with Crippen molar-refractivity contribution in [3.05, 3.63) is 58.9 Å². The van der Waals surface area contributed by atoms with Gasteiger partial charge in [-0.2, -0.15) is 0 Å². The van der Waals surface area contributed by atoms with Gasteiger partial charge >= 0.3 is 0 Å². The highest BCUT2D eigenvalue weighted by Gasteiger charge is 2.28. The van der Waals surface area contributed by atoms with Gasteiger partial charge in [-0.25, -0.2) is 0 Å². The van der Waals surface area contributed by atoms with Gasteiger partial charge in [0, 0.05) is 30.4 Å². The molecule has 4 rings (SSSR count). The van der Waals surface area contributed by atoms with E-state index in [4.69, 9.17) is 4.74 Å². The monoisotopic (exact) mass is 378 g/mol. The summed E-state index contributed by atoms with van der Waals surface area (Å²) in [6, 6.07) is 10.6. The number of hydrogen-bond acceptors (Lipinski definition) is 3. The van der Waals surface area contributed by atoms with E-state index in [-0.39, 0.29) is 11.2 Å². The van der Waals surface area contributed by atoms with Crippen molar-refractivity contribution in [3.63, 3.8) is 0 Å². The van der Waals surface area contributed by atoms with Gasteiger partial charge in [0.25, 0.3) is 0 Å². The van der Waals surface area contributed by atoms with Crippen LogP contribution in [0, 0.1) is 5.41 Å². The van der Waals surface area contributed by atoms with Crippen LogP contribution in [0.2, 0.25) is 0 Å². The topological polar surface area (TPSA) is 43.3 Å². The van der Waals surface area contributed by atoms with Crippen LogP contribution in [0.25, 0.3) is 0 Å². The van der Waals surface area contributed by atoms with E-state index < -0.39 is 0 Å². The molecule has 2 aliphatic carbocycles. The van der Waals surface area contributed by atoms with E-state index in [1.807, 2.05) is 12.1 Å². The maximum atomic E-state index is 12.2. The number of benzene rings is 1. The Bertz CT molecular complexity index is 903. The van der Waals surface area contributed by atoms with Crippen molar-refractivity contribution >= 4 is 11.6 Å². The molecule has 1 aromatic heterocycles. The largest absolute Gasteiger partial charge is 0.497 e. The van der Waals surface area contributed by atoms with Gasteiger partial charge in [0.2, 0.25) is 0 Å². The number of hydrogen-bond donors (Lipinski definition) is 1. The highest BCUT2D eigenvalue weighted by Crippen LogP contribution is 2.36. The van der Waals surface area contributed by atoms with Crippen LogP contribution in [0.1, 0.15) is 56.4 Å². The Morgan fingerprint density at radius 2 is 1.86 bits per heavy atom. The second-order valence-corrected chi connectivity index (χ2v) is 8.92. The van der Waals surface area contributed by atoms with E-state index in [1.54, 1.807) is 13.2 Å². The molecule has 0 radical (unpaired) electrons. The van der Waals surface area contributed by atoms with Crippen LogP contribution in [-0.2, 0) is 24.2 Å². The summed E-state index contributed by atoms with van der Waals surface area (Å²) in [6.45, 7) is 5.16. The molecule has 1 heterocycles. The number of carbonyl (C=O) groups is 1. The molecule has 0 atom stereocenters. The molecule has 4 heteroatoms. The molecule has 2 aromatic rings. The molecule has 1 N–H and O–H groups in total. The normalized spacial score (nSPS) is 18.4. The van der Waals surface area contributed by atoms with Crippen molar-refractivity contribution in [2.45, 2.75) is 58.9 Å². The van der Waals surface area contributed by atoms with E-state index >= 15 is 0 Å². The lowest BCUT2D eigenvalue weighted by atomic mass is 9.79. The van der Waals surface area contributed by atoms with Crippen LogP contribution in [0.4, 0.5) is 5.82 Å². The van der Waals surface area contributed by atoms with Crippen LogP contribution >= 0.6 is 0 Å². The Balaban J connectivity index is 1.65. The first-order valence-corrected chi connectivity index (χ1v) is 10.3. The first kappa shape index (κ1) is 18.9. The van der Waals surface area contributed by atoms with Crippen molar-refractivity contribution in [1.82, 2.24) is 4.57 Å². The predicted octanol–water partition coefficient (Wildman–Crippen LogP) is 5.11. The third kappa shape index (κ3) is 4.01. The van der Waals surface area contributed by atoms with Gasteiger partial charge in [0.15, 0.2) is 5.78 Å². The molecule has 28 heavy (non-hydrogen) atoms. The van der Waals surface area contributed by atoms with Crippen molar-refractivity contribution in [1.29, 1.82) is 0 Å². The van der Waals surface area contributed by atoms with Crippen molar-refractivity contribution in [2.75, 3.05) is 12.4 Å². The van der Waals surface area contributed by atoms with Gasteiger partial charge in [-0.3, -0.25) is 4.79 Å². The van der Waals surface area contributed by atoms with E-state index in [2.05, 4.69) is 41.9 Å². The number of aromatic nitrogens is 1. The molecule has 148 valence electrons. The third-order valence-electron chi connectivity index (χ3n) is 5.85. The number of aryl methyl sites for hydroxylation is 1. The summed E-state index contributed by atoms with van der Waals surface area (Å²) >= 11 is 0. The first-order valence-electron chi connectivity index (χ1n) is 10.3. The SMILES string of the molecule is COc1ccc(Cn2c(NC3=CC(=O)CC(C)(C)C3)cc3c2CCCC3)cc1. The second kappa shape index (κ2) is 7.50. The summed E-state index contributed by atoms with van der Waals surface area (Å²) < 4.78 is 7.70. The molecule has 0 unspecified atom stereocenters. The van der Waals surface area contributed by atoms with E-state index in [0.29, 0.717) is 6.42 Å². The summed E-state index contributed by atoms with van der Waals surface area (Å²) in [4.78, 5) is 12.2. The molecule has 0 spiro atoms. The number of allylic oxidation sites excluding steroid dienone is 2. The fraction of sp³-hybridized carbons (Fsp3) is 0.458. The molecule has 4 nitrogen and oxygen atoms in total. The maximum absolute atomic E-state index is 12.2. The smallest absolute Gasteiger partial charge is 0.157 e. The summed E-state index contributed by atoms with van der Waals surface area (Å²) in [5.41, 5.74) is 5.19. The number of ether oxygens (including phenoxy) is 1. The summed E-state index contributed by atoms with van der Waals surface area (Å²) in [5, 5.41) is 3.61. The number of methoxy groups -OCH3 is 1. The number of rotatable bonds is 5. The van der Waals surface area contributed by atoms with Crippen molar-refractivity contribution in [2.24, 2.45) is 5.41 Å². The fourth-order valence-corrected chi connectivity index (χ4v) is 4.55. The van der Waals surface area contributed by atoms with Crippen LogP contribution in [0.15, 0.2) is 42.1 Å². The molecule has 0 saturated heterocycles. The molecule has 0 aliphatic heterocycles. The van der Waals surface area contributed by atoms with E-state index in [9.17, 15) is 4.79 Å². The zero-order valence-electron chi connectivity index (χ0n) is 17.2. The van der Waals surface area contributed by atoms with Crippen LogP contribution in [-0.4, -0.2) is 17.5 Å². The fourth-order valence-electron chi connectivity index (χ4n) is 4.55. The minimum Gasteiger partial charge on any atom is -0.497 e. The Hall–Kier alpha value is -2.49. The third-order valence-corrected chi connectivity index (χ3v) is 5.85. The lowest BCUT2D eigenvalue weighted by Crippen LogP contribution is -2.25. The Kier molecular flexibility index (Phi) is 5.05. The summed E-state index contributed by atoms with van der Waals surface area (Å²) in [6.07, 6.45) is 8.09. The van der Waals surface area contributed by atoms with Crippen LogP contribution < -0.4 is 10.1 Å². The van der Waals surface area contributed by atoms with Crippen molar-refractivity contribution in [3.8, 4) is 5.75 Å². The van der Waals surface area contributed by atoms with Gasteiger partial charge in [0.1, 0.15) is 11.6 Å². The highest BCUT2D eigenvalue weighted by atomic mass is 16.5. The minimum absolute atomic E-state index is 0.0151. The molecular weight excluding hydrogens is 348 g/mol. The number of anilines is 1. The van der Waals surface area contributed by atoms with E-state index in [0.717, 1.165) is 43.1 Å². The van der Waals surface area contributed by atoms with Gasteiger partial charge in [-0.05, 0) is 66.8 Å². The number of carbonyl (C=O) groups excluding carboxylic acids is 1. The summed E-state index contributed by atoms with van der Waals surface area (Å²) in [5.74, 6) is 2.21. The number of nitrogens with zero attached hydrogens (tertiary/aromatic N) is 1. The quantitative estimate of drug-likeness (QED) is 0.786. The molecule has 0 amide bonds. The standard InChI is InChI=1S/C24H30N2O2/c1-24(2)14-19(13-20(27)15-24)25-23-12-18-6-4-5-7-22(18)26(23)16-17-8-10-21(28-3)11-9-17/h8-13,25H,4-7,14-16H2,1-3H3. The number of fused-ring (bicyclic) bond motifs is 1. The number of nitrogens with one attached hydrogen (secondary N) is 1. The van der Waals surface area contributed by atoms with Gasteiger partial charge in [-0.15, -0.1) is 0 Å². The Morgan fingerprint density at radius 3 is 2.57 bits per heavy atom. The molecule has 0 bridgehead atoms. The Morgan fingerprint density at radius 1 is 1.11 bits per heavy atom. The lowest BCUT2D eigenvalue weighted by molar-refractivity contribution is -0.117. The second-order valence-electron chi connectivity index (χ2n) is 8.92. The highest BCUT2D eigenvalue weighted by molar-refractivity contribution is 5.92.